The van der Waals surface area contributed by atoms with Gasteiger partial charge in [-0.15, -0.1) is 0 Å². The summed E-state index contributed by atoms with van der Waals surface area (Å²) in [6.07, 6.45) is 1.49. The second-order valence-corrected chi connectivity index (χ2v) is 11.4. The first-order chi connectivity index (χ1) is 17.9. The molecule has 2 aliphatic rings. The zero-order chi connectivity index (χ0) is 27.4. The Bertz CT molecular complexity index is 1440. The van der Waals surface area contributed by atoms with E-state index in [2.05, 4.69) is 18.8 Å². The van der Waals surface area contributed by atoms with Crippen molar-refractivity contribution in [1.82, 2.24) is 14.9 Å². The van der Waals surface area contributed by atoms with Gasteiger partial charge in [0.05, 0.1) is 27.5 Å². The van der Waals surface area contributed by atoms with E-state index in [1.165, 1.54) is 24.4 Å². The van der Waals surface area contributed by atoms with Crippen LogP contribution >= 0.6 is 11.6 Å². The van der Waals surface area contributed by atoms with Gasteiger partial charge in [0.1, 0.15) is 17.3 Å². The predicted octanol–water partition coefficient (Wildman–Crippen LogP) is 5.14. The molecule has 1 aromatic carbocycles. The number of rotatable bonds is 4. The number of nitrogens with zero attached hydrogens (tertiary/aromatic N) is 5. The highest BCUT2D eigenvalue weighted by Crippen LogP contribution is 2.44. The molecule has 198 valence electrons. The predicted molar refractivity (Wildman–Crippen MR) is 144 cm³/mol. The largest absolute Gasteiger partial charge is 0.478 e. The zero-order valence-corrected chi connectivity index (χ0v) is 22.5. The van der Waals surface area contributed by atoms with Gasteiger partial charge < -0.3 is 19.8 Å². The van der Waals surface area contributed by atoms with Crippen LogP contribution < -0.4 is 9.80 Å². The molecule has 0 bridgehead atoms. The summed E-state index contributed by atoms with van der Waals surface area (Å²) in [6.45, 7) is 10.1. The van der Waals surface area contributed by atoms with Gasteiger partial charge >= 0.3 is 5.97 Å². The van der Waals surface area contributed by atoms with Crippen molar-refractivity contribution in [3.8, 4) is 0 Å². The molecule has 0 unspecified atom stereocenters. The van der Waals surface area contributed by atoms with Crippen molar-refractivity contribution >= 4 is 40.7 Å². The van der Waals surface area contributed by atoms with E-state index in [-0.39, 0.29) is 21.9 Å². The average molecular weight is 538 g/mol. The molecule has 38 heavy (non-hydrogen) atoms. The van der Waals surface area contributed by atoms with E-state index in [4.69, 9.17) is 16.6 Å². The van der Waals surface area contributed by atoms with Crippen LogP contribution in [-0.2, 0) is 5.41 Å². The van der Waals surface area contributed by atoms with E-state index in [1.807, 2.05) is 34.6 Å². The number of carboxylic acid groups (broad SMARTS) is 1. The lowest BCUT2D eigenvalue weighted by Crippen LogP contribution is -2.61. The standard InChI is InChI=1S/C28H29ClFN5O3/c1-27(2)15-34(18-5-6-19(29)20(30)14-18)22-8-7-21(32-24(22)27)25(36)35-12-11-33(16-28(35,3)4)23-13-17(26(37)38)9-10-31-23/h5-10,13-14H,11-12,15-16H2,1-4H3,(H,37,38). The Labute approximate surface area is 225 Å². The maximum atomic E-state index is 14.2. The van der Waals surface area contributed by atoms with Crippen LogP contribution in [0.15, 0.2) is 48.7 Å². The van der Waals surface area contributed by atoms with Crippen molar-refractivity contribution in [2.45, 2.75) is 38.6 Å². The van der Waals surface area contributed by atoms with Crippen LogP contribution in [0.4, 0.5) is 21.6 Å². The number of anilines is 3. The van der Waals surface area contributed by atoms with E-state index in [0.717, 1.165) is 11.4 Å². The minimum Gasteiger partial charge on any atom is -0.478 e. The minimum atomic E-state index is -1.01. The molecule has 2 aromatic heterocycles. The molecule has 10 heteroatoms. The second-order valence-electron chi connectivity index (χ2n) is 11.0. The van der Waals surface area contributed by atoms with Gasteiger partial charge in [0.15, 0.2) is 0 Å². The minimum absolute atomic E-state index is 0.0691. The Morgan fingerprint density at radius 2 is 1.79 bits per heavy atom. The number of piperazine rings is 1. The molecular formula is C28H29ClFN5O3. The SMILES string of the molecule is CC1(C)CN(c2ccc(Cl)c(F)c2)c2ccc(C(=O)N3CCN(c4cc(C(=O)O)ccn4)CC3(C)C)nc21. The maximum absolute atomic E-state index is 14.2. The Balaban J connectivity index is 1.39. The number of benzene rings is 1. The Morgan fingerprint density at radius 1 is 1.03 bits per heavy atom. The lowest BCUT2D eigenvalue weighted by Gasteiger charge is -2.47. The number of aromatic carboxylic acids is 1. The number of pyridine rings is 2. The van der Waals surface area contributed by atoms with Crippen molar-refractivity contribution in [3.63, 3.8) is 0 Å². The summed E-state index contributed by atoms with van der Waals surface area (Å²) in [5, 5.41) is 9.40. The van der Waals surface area contributed by atoms with Gasteiger partial charge in [0, 0.05) is 43.5 Å². The number of halogens is 2. The summed E-state index contributed by atoms with van der Waals surface area (Å²) in [7, 11) is 0. The van der Waals surface area contributed by atoms with Gasteiger partial charge in [-0.05, 0) is 56.3 Å². The lowest BCUT2D eigenvalue weighted by molar-refractivity contribution is 0.0507. The number of carbonyl (C=O) groups excluding carboxylic acids is 1. The lowest BCUT2D eigenvalue weighted by atomic mass is 9.91. The molecule has 2 aliphatic heterocycles. The van der Waals surface area contributed by atoms with Crippen molar-refractivity contribution in [2.24, 2.45) is 0 Å². The first-order valence-corrected chi connectivity index (χ1v) is 12.8. The fourth-order valence-electron chi connectivity index (χ4n) is 5.31. The quantitative estimate of drug-likeness (QED) is 0.493. The van der Waals surface area contributed by atoms with Gasteiger partial charge in [-0.2, -0.15) is 0 Å². The van der Waals surface area contributed by atoms with Crippen LogP contribution in [0.1, 0.15) is 54.2 Å². The fraction of sp³-hybridized carbons (Fsp3) is 0.357. The average Bonchev–Trinajstić information content (AvgIpc) is 3.15. The first kappa shape index (κ1) is 25.9. The highest BCUT2D eigenvalue weighted by Gasteiger charge is 2.41. The molecule has 1 N–H and O–H groups in total. The van der Waals surface area contributed by atoms with Crippen molar-refractivity contribution < 1.29 is 19.1 Å². The molecule has 1 amide bonds. The summed E-state index contributed by atoms with van der Waals surface area (Å²) < 4.78 is 14.2. The number of aromatic nitrogens is 2. The monoisotopic (exact) mass is 537 g/mol. The first-order valence-electron chi connectivity index (χ1n) is 12.4. The number of carboxylic acids is 1. The molecule has 0 spiro atoms. The van der Waals surface area contributed by atoms with Crippen LogP contribution in [0, 0.1) is 5.82 Å². The number of hydrogen-bond donors (Lipinski definition) is 1. The maximum Gasteiger partial charge on any atom is 0.335 e. The number of carbonyl (C=O) groups is 2. The van der Waals surface area contributed by atoms with Crippen LogP contribution in [0.5, 0.6) is 0 Å². The molecule has 0 radical (unpaired) electrons. The molecule has 1 fully saturated rings. The van der Waals surface area contributed by atoms with Gasteiger partial charge in [0.2, 0.25) is 0 Å². The van der Waals surface area contributed by atoms with Gasteiger partial charge in [-0.3, -0.25) is 4.79 Å². The van der Waals surface area contributed by atoms with E-state index >= 15 is 0 Å². The third kappa shape index (κ3) is 4.55. The fourth-order valence-corrected chi connectivity index (χ4v) is 5.43. The van der Waals surface area contributed by atoms with Gasteiger partial charge in [0.25, 0.3) is 5.91 Å². The molecular weight excluding hydrogens is 509 g/mol. The number of amides is 1. The summed E-state index contributed by atoms with van der Waals surface area (Å²) >= 11 is 5.88. The highest BCUT2D eigenvalue weighted by molar-refractivity contribution is 6.30. The molecule has 4 heterocycles. The molecule has 0 aliphatic carbocycles. The van der Waals surface area contributed by atoms with E-state index in [0.29, 0.717) is 43.4 Å². The van der Waals surface area contributed by atoms with Crippen LogP contribution in [0.25, 0.3) is 0 Å². The third-order valence-electron chi connectivity index (χ3n) is 7.26. The summed E-state index contributed by atoms with van der Waals surface area (Å²) in [6, 6.07) is 11.3. The number of hydrogen-bond acceptors (Lipinski definition) is 6. The molecule has 0 atom stereocenters. The Hall–Kier alpha value is -3.72. The van der Waals surface area contributed by atoms with Crippen molar-refractivity contribution in [1.29, 1.82) is 0 Å². The molecule has 1 saturated heterocycles. The van der Waals surface area contributed by atoms with Crippen molar-refractivity contribution in [2.75, 3.05) is 36.0 Å². The van der Waals surface area contributed by atoms with Gasteiger partial charge in [-0.1, -0.05) is 25.4 Å². The normalized spacial score (nSPS) is 17.9. The van der Waals surface area contributed by atoms with Gasteiger partial charge in [-0.25, -0.2) is 19.2 Å². The number of fused-ring (bicyclic) bond motifs is 1. The topological polar surface area (TPSA) is 89.9 Å². The Kier molecular flexibility index (Phi) is 6.30. The van der Waals surface area contributed by atoms with Crippen molar-refractivity contribution in [3.05, 3.63) is 76.5 Å². The van der Waals surface area contributed by atoms with Crippen LogP contribution in [-0.4, -0.2) is 63.6 Å². The second kappa shape index (κ2) is 9.23. The van der Waals surface area contributed by atoms with Crippen LogP contribution in [0.3, 0.4) is 0 Å². The molecule has 0 saturated carbocycles. The van der Waals surface area contributed by atoms with E-state index < -0.39 is 17.3 Å². The highest BCUT2D eigenvalue weighted by atomic mass is 35.5. The Morgan fingerprint density at radius 3 is 2.47 bits per heavy atom. The third-order valence-corrected chi connectivity index (χ3v) is 7.56. The van der Waals surface area contributed by atoms with Crippen LogP contribution in [0.2, 0.25) is 5.02 Å². The van der Waals surface area contributed by atoms with E-state index in [9.17, 15) is 19.1 Å². The molecule has 8 nitrogen and oxygen atoms in total. The molecule has 3 aromatic rings. The molecule has 5 rings (SSSR count). The van der Waals surface area contributed by atoms with E-state index in [1.54, 1.807) is 18.2 Å². The zero-order valence-electron chi connectivity index (χ0n) is 21.7. The summed E-state index contributed by atoms with van der Waals surface area (Å²) in [5.74, 6) is -1.09. The summed E-state index contributed by atoms with van der Waals surface area (Å²) in [5.41, 5.74) is 1.90. The summed E-state index contributed by atoms with van der Waals surface area (Å²) in [4.78, 5) is 40.1. The smallest absolute Gasteiger partial charge is 0.335 e.